The Labute approximate surface area is 110 Å². The summed E-state index contributed by atoms with van der Waals surface area (Å²) in [6.07, 6.45) is 10.6. The van der Waals surface area contributed by atoms with E-state index >= 15 is 0 Å². The molecule has 18 heavy (non-hydrogen) atoms. The molecule has 4 nitrogen and oxygen atoms in total. The first kappa shape index (κ1) is 14.9. The van der Waals surface area contributed by atoms with Crippen molar-refractivity contribution in [2.45, 2.75) is 25.3 Å². The summed E-state index contributed by atoms with van der Waals surface area (Å²) in [5, 5.41) is 16.3. The van der Waals surface area contributed by atoms with Crippen molar-refractivity contribution in [2.75, 3.05) is 13.6 Å². The molecule has 0 bridgehead atoms. The van der Waals surface area contributed by atoms with Crippen LogP contribution in [0.1, 0.15) is 19.3 Å². The van der Waals surface area contributed by atoms with E-state index in [-0.39, 0.29) is 0 Å². The molecule has 0 fully saturated rings. The normalized spacial score (nSPS) is 25.9. The number of hydrogen-bond donors (Lipinski definition) is 3. The fraction of sp³-hybridized carbons (Fsp3) is 0.462. The molecule has 0 spiro atoms. The number of nitrogens with one attached hydrogen (secondary N) is 2. The lowest BCUT2D eigenvalue weighted by atomic mass is 10.1. The van der Waals surface area contributed by atoms with Crippen LogP contribution in [0.15, 0.2) is 35.3 Å². The standard InChI is InChI=1S/C13H21N2O2P/c1-14-12(13(16)17)9-10-5-3-2-4-6-11(18)7-8-15-10/h2,4-5,7,12,14-15H,3,6,8-9,18H2,1H3,(H,16,17)/b4-2-,10-5-,11-7+/t12-/m1/s1. The number of carboxylic acids is 1. The zero-order valence-electron chi connectivity index (χ0n) is 10.6. The molecule has 3 N–H and O–H groups in total. The Bertz CT molecular complexity index is 375. The van der Waals surface area contributed by atoms with Gasteiger partial charge in [0.1, 0.15) is 6.04 Å². The largest absolute Gasteiger partial charge is 0.480 e. The smallest absolute Gasteiger partial charge is 0.321 e. The van der Waals surface area contributed by atoms with Gasteiger partial charge in [-0.1, -0.05) is 29.6 Å². The van der Waals surface area contributed by atoms with Gasteiger partial charge in [0, 0.05) is 18.7 Å². The first-order valence-corrected chi connectivity index (χ1v) is 6.63. The van der Waals surface area contributed by atoms with Gasteiger partial charge >= 0.3 is 5.97 Å². The third-order valence-corrected chi connectivity index (χ3v) is 3.26. The van der Waals surface area contributed by atoms with Crippen molar-refractivity contribution in [3.63, 3.8) is 0 Å². The average molecular weight is 268 g/mol. The first-order chi connectivity index (χ1) is 8.63. The highest BCUT2D eigenvalue weighted by molar-refractivity contribution is 7.22. The van der Waals surface area contributed by atoms with Crippen LogP contribution in [-0.2, 0) is 4.79 Å². The second kappa shape index (κ2) is 8.06. The fourth-order valence-corrected chi connectivity index (χ4v) is 1.94. The van der Waals surface area contributed by atoms with E-state index in [1.54, 1.807) is 7.05 Å². The molecule has 100 valence electrons. The summed E-state index contributed by atoms with van der Waals surface area (Å²) < 4.78 is 0. The van der Waals surface area contributed by atoms with Crippen LogP contribution >= 0.6 is 9.24 Å². The molecule has 0 saturated heterocycles. The van der Waals surface area contributed by atoms with Crippen molar-refractivity contribution < 1.29 is 9.90 Å². The van der Waals surface area contributed by atoms with Gasteiger partial charge in [0.05, 0.1) is 0 Å². The highest BCUT2D eigenvalue weighted by Crippen LogP contribution is 2.13. The Hall–Kier alpha value is -1.12. The van der Waals surface area contributed by atoms with Gasteiger partial charge in [0.15, 0.2) is 0 Å². The molecule has 1 aliphatic heterocycles. The number of carboxylic acid groups (broad SMARTS) is 1. The van der Waals surface area contributed by atoms with E-state index in [9.17, 15) is 4.79 Å². The van der Waals surface area contributed by atoms with Crippen molar-refractivity contribution >= 4 is 15.2 Å². The van der Waals surface area contributed by atoms with Crippen LogP contribution in [0.5, 0.6) is 0 Å². The van der Waals surface area contributed by atoms with Crippen molar-refractivity contribution in [3.05, 3.63) is 35.3 Å². The van der Waals surface area contributed by atoms with Crippen LogP contribution in [0.2, 0.25) is 0 Å². The molecular formula is C13H21N2O2P. The molecule has 0 aromatic carbocycles. The van der Waals surface area contributed by atoms with Crippen LogP contribution < -0.4 is 10.6 Å². The highest BCUT2D eigenvalue weighted by Gasteiger charge is 2.16. The molecule has 1 aliphatic rings. The zero-order chi connectivity index (χ0) is 13.4. The SMILES string of the molecule is CN[C@H](C/C1=C/C/C=C\C/C(P)=C\CN1)C(=O)O. The van der Waals surface area contributed by atoms with Gasteiger partial charge in [-0.25, -0.2) is 0 Å². The molecule has 0 saturated carbocycles. The summed E-state index contributed by atoms with van der Waals surface area (Å²) in [6, 6.07) is -0.546. The average Bonchev–Trinajstić information content (AvgIpc) is 2.34. The van der Waals surface area contributed by atoms with Gasteiger partial charge < -0.3 is 15.7 Å². The van der Waals surface area contributed by atoms with Gasteiger partial charge in [-0.3, -0.25) is 4.79 Å². The molecule has 0 amide bonds. The number of allylic oxidation sites excluding steroid dienone is 4. The molecule has 1 unspecified atom stereocenters. The molecular weight excluding hydrogens is 247 g/mol. The summed E-state index contributed by atoms with van der Waals surface area (Å²) in [5.74, 6) is -0.824. The first-order valence-electron chi connectivity index (χ1n) is 6.06. The second-order valence-corrected chi connectivity index (χ2v) is 4.93. The van der Waals surface area contributed by atoms with Crippen molar-refractivity contribution in [1.29, 1.82) is 0 Å². The monoisotopic (exact) mass is 268 g/mol. The topological polar surface area (TPSA) is 61.4 Å². The lowest BCUT2D eigenvalue weighted by Crippen LogP contribution is -2.36. The summed E-state index contributed by atoms with van der Waals surface area (Å²) in [5.41, 5.74) is 0.970. The third-order valence-electron chi connectivity index (χ3n) is 2.78. The van der Waals surface area contributed by atoms with Gasteiger partial charge in [-0.2, -0.15) is 0 Å². The number of hydrogen-bond acceptors (Lipinski definition) is 3. The van der Waals surface area contributed by atoms with E-state index < -0.39 is 12.0 Å². The second-order valence-electron chi connectivity index (χ2n) is 4.18. The fourth-order valence-electron chi connectivity index (χ4n) is 1.68. The minimum Gasteiger partial charge on any atom is -0.480 e. The van der Waals surface area contributed by atoms with Gasteiger partial charge in [-0.05, 0) is 19.9 Å². The van der Waals surface area contributed by atoms with Crippen LogP contribution in [0.4, 0.5) is 0 Å². The van der Waals surface area contributed by atoms with Gasteiger partial charge in [0.25, 0.3) is 0 Å². The predicted molar refractivity (Wildman–Crippen MR) is 77.4 cm³/mol. The van der Waals surface area contributed by atoms with Gasteiger partial charge in [0.2, 0.25) is 0 Å². The van der Waals surface area contributed by atoms with Crippen molar-refractivity contribution in [3.8, 4) is 0 Å². The van der Waals surface area contributed by atoms with E-state index in [1.807, 2.05) is 6.08 Å². The maximum Gasteiger partial charge on any atom is 0.321 e. The van der Waals surface area contributed by atoms with Crippen LogP contribution in [0.3, 0.4) is 0 Å². The number of likely N-dealkylation sites (N-methyl/N-ethyl adjacent to an activating group) is 1. The molecule has 5 heteroatoms. The van der Waals surface area contributed by atoms with Gasteiger partial charge in [-0.15, -0.1) is 9.24 Å². The molecule has 0 aromatic rings. The zero-order valence-corrected chi connectivity index (χ0v) is 11.8. The van der Waals surface area contributed by atoms with E-state index in [4.69, 9.17) is 5.11 Å². The summed E-state index contributed by atoms with van der Waals surface area (Å²) in [7, 11) is 4.38. The predicted octanol–water partition coefficient (Wildman–Crippen LogP) is 1.63. The number of rotatable bonds is 4. The molecule has 2 atom stereocenters. The van der Waals surface area contributed by atoms with Crippen LogP contribution in [-0.4, -0.2) is 30.7 Å². The minimum atomic E-state index is -0.824. The summed E-state index contributed by atoms with van der Waals surface area (Å²) in [6.45, 7) is 0.731. The van der Waals surface area contributed by atoms with E-state index in [1.165, 1.54) is 5.31 Å². The Morgan fingerprint density at radius 1 is 1.56 bits per heavy atom. The Morgan fingerprint density at radius 2 is 2.33 bits per heavy atom. The van der Waals surface area contributed by atoms with Crippen molar-refractivity contribution in [2.24, 2.45) is 0 Å². The maximum absolute atomic E-state index is 11.0. The lowest BCUT2D eigenvalue weighted by Gasteiger charge is -2.16. The molecule has 0 radical (unpaired) electrons. The Morgan fingerprint density at radius 3 is 3.00 bits per heavy atom. The molecule has 0 aromatic heterocycles. The van der Waals surface area contributed by atoms with Crippen LogP contribution in [0.25, 0.3) is 0 Å². The highest BCUT2D eigenvalue weighted by atomic mass is 31.0. The number of carbonyl (C=O) groups is 1. The summed E-state index contributed by atoms with van der Waals surface area (Å²) >= 11 is 0. The lowest BCUT2D eigenvalue weighted by molar-refractivity contribution is -0.139. The summed E-state index contributed by atoms with van der Waals surface area (Å²) in [4.78, 5) is 11.0. The maximum atomic E-state index is 11.0. The number of aliphatic carboxylic acids is 1. The quantitative estimate of drug-likeness (QED) is 0.536. The van der Waals surface area contributed by atoms with E-state index in [2.05, 4.69) is 38.1 Å². The molecule has 1 rings (SSSR count). The third kappa shape index (κ3) is 5.48. The Kier molecular flexibility index (Phi) is 6.69. The Balaban J connectivity index is 2.67. The molecule has 1 heterocycles. The van der Waals surface area contributed by atoms with Crippen LogP contribution in [0, 0.1) is 0 Å². The van der Waals surface area contributed by atoms with E-state index in [0.29, 0.717) is 6.42 Å². The molecule has 0 aliphatic carbocycles. The minimum absolute atomic E-state index is 0.472. The van der Waals surface area contributed by atoms with Crippen molar-refractivity contribution in [1.82, 2.24) is 10.6 Å². The van der Waals surface area contributed by atoms with E-state index in [0.717, 1.165) is 25.1 Å².